The Morgan fingerprint density at radius 3 is 2.92 bits per heavy atom. The Morgan fingerprint density at radius 1 is 1.42 bits per heavy atom. The average molecular weight is 180 g/mol. The molecule has 0 radical (unpaired) electrons. The van der Waals surface area contributed by atoms with Crippen molar-refractivity contribution >= 4 is 21.4 Å². The Morgan fingerprint density at radius 2 is 2.17 bits per heavy atom. The summed E-state index contributed by atoms with van der Waals surface area (Å²) in [6.45, 7) is 3.78. The summed E-state index contributed by atoms with van der Waals surface area (Å²) in [6.07, 6.45) is 0. The maximum atomic E-state index is 11.3. The van der Waals surface area contributed by atoms with E-state index in [4.69, 9.17) is 4.42 Å². The fourth-order valence-electron chi connectivity index (χ4n) is 1.21. The second-order valence-electron chi connectivity index (χ2n) is 2.73. The lowest BCUT2D eigenvalue weighted by atomic mass is 10.2. The predicted molar refractivity (Wildman–Crippen MR) is 49.8 cm³/mol. The molecule has 62 valence electrons. The summed E-state index contributed by atoms with van der Waals surface area (Å²) in [6, 6.07) is 1.96. The molecule has 0 bridgehead atoms. The first-order valence-electron chi connectivity index (χ1n) is 3.67. The molecule has 0 aliphatic heterocycles. The lowest BCUT2D eigenvalue weighted by Crippen LogP contribution is -1.99. The zero-order valence-electron chi connectivity index (χ0n) is 6.88. The van der Waals surface area contributed by atoms with Gasteiger partial charge in [0.25, 0.3) is 0 Å². The SMILES string of the molecule is Cc1oc(=O)c2sccc2c1C. The molecule has 0 saturated heterocycles. The number of hydrogen-bond acceptors (Lipinski definition) is 3. The lowest BCUT2D eigenvalue weighted by molar-refractivity contribution is 0.485. The van der Waals surface area contributed by atoms with E-state index in [1.54, 1.807) is 0 Å². The van der Waals surface area contributed by atoms with E-state index in [0.717, 1.165) is 15.6 Å². The summed E-state index contributed by atoms with van der Waals surface area (Å²) in [4.78, 5) is 11.3. The molecule has 0 aromatic carbocycles. The maximum Gasteiger partial charge on any atom is 0.354 e. The Kier molecular flexibility index (Phi) is 1.54. The monoisotopic (exact) mass is 180 g/mol. The Labute approximate surface area is 73.4 Å². The van der Waals surface area contributed by atoms with Gasteiger partial charge in [-0.25, -0.2) is 4.79 Å². The number of aryl methyl sites for hydroxylation is 2. The molecular formula is C9H8O2S. The number of fused-ring (bicyclic) bond motifs is 1. The molecule has 12 heavy (non-hydrogen) atoms. The van der Waals surface area contributed by atoms with Gasteiger partial charge in [-0.1, -0.05) is 0 Å². The van der Waals surface area contributed by atoms with E-state index in [2.05, 4.69) is 0 Å². The van der Waals surface area contributed by atoms with Gasteiger partial charge in [0.2, 0.25) is 0 Å². The van der Waals surface area contributed by atoms with Gasteiger partial charge < -0.3 is 4.42 Å². The Bertz CT molecular complexity index is 479. The summed E-state index contributed by atoms with van der Waals surface area (Å²) in [5.74, 6) is 0.714. The van der Waals surface area contributed by atoms with Crippen molar-refractivity contribution in [3.8, 4) is 0 Å². The topological polar surface area (TPSA) is 30.2 Å². The molecule has 0 spiro atoms. The van der Waals surface area contributed by atoms with Crippen LogP contribution in [0.5, 0.6) is 0 Å². The third-order valence-corrected chi connectivity index (χ3v) is 2.92. The van der Waals surface area contributed by atoms with Gasteiger partial charge in [-0.3, -0.25) is 0 Å². The molecule has 0 saturated carbocycles. The van der Waals surface area contributed by atoms with Crippen LogP contribution in [0.25, 0.3) is 10.1 Å². The van der Waals surface area contributed by atoms with Gasteiger partial charge >= 0.3 is 5.63 Å². The van der Waals surface area contributed by atoms with Crippen molar-refractivity contribution in [2.75, 3.05) is 0 Å². The van der Waals surface area contributed by atoms with E-state index in [1.165, 1.54) is 11.3 Å². The molecule has 0 aliphatic rings. The number of hydrogen-bond donors (Lipinski definition) is 0. The second kappa shape index (κ2) is 2.45. The Hall–Kier alpha value is -1.09. The first-order valence-corrected chi connectivity index (χ1v) is 4.55. The van der Waals surface area contributed by atoms with Gasteiger partial charge in [-0.05, 0) is 30.9 Å². The first kappa shape index (κ1) is 7.55. The van der Waals surface area contributed by atoms with Crippen LogP contribution in [0.2, 0.25) is 0 Å². The van der Waals surface area contributed by atoms with Crippen molar-refractivity contribution in [2.45, 2.75) is 13.8 Å². The van der Waals surface area contributed by atoms with Crippen LogP contribution < -0.4 is 5.63 Å². The van der Waals surface area contributed by atoms with Gasteiger partial charge in [0.1, 0.15) is 10.5 Å². The van der Waals surface area contributed by atoms with E-state index >= 15 is 0 Å². The van der Waals surface area contributed by atoms with Crippen LogP contribution in [0.4, 0.5) is 0 Å². The molecule has 0 unspecified atom stereocenters. The maximum absolute atomic E-state index is 11.3. The van der Waals surface area contributed by atoms with E-state index in [0.29, 0.717) is 5.76 Å². The minimum Gasteiger partial charge on any atom is -0.427 e. The zero-order valence-corrected chi connectivity index (χ0v) is 7.70. The third-order valence-electron chi connectivity index (χ3n) is 2.03. The standard InChI is InChI=1S/C9H8O2S/c1-5-6(2)11-9(10)8-7(5)3-4-12-8/h3-4H,1-2H3. The molecule has 3 heteroatoms. The lowest BCUT2D eigenvalue weighted by Gasteiger charge is -1.97. The average Bonchev–Trinajstić information content (AvgIpc) is 2.48. The van der Waals surface area contributed by atoms with Gasteiger partial charge in [-0.15, -0.1) is 11.3 Å². The molecule has 2 nitrogen and oxygen atoms in total. The molecule has 2 aromatic heterocycles. The van der Waals surface area contributed by atoms with E-state index in [1.807, 2.05) is 25.3 Å². The van der Waals surface area contributed by atoms with Crippen LogP contribution in [-0.2, 0) is 0 Å². The molecule has 0 atom stereocenters. The quantitative estimate of drug-likeness (QED) is 0.623. The van der Waals surface area contributed by atoms with Gasteiger partial charge in [-0.2, -0.15) is 0 Å². The smallest absolute Gasteiger partial charge is 0.354 e. The van der Waals surface area contributed by atoms with Gasteiger partial charge in [0, 0.05) is 5.39 Å². The summed E-state index contributed by atoms with van der Waals surface area (Å²) in [5.41, 5.74) is 0.842. The summed E-state index contributed by atoms with van der Waals surface area (Å²) in [7, 11) is 0. The Balaban J connectivity index is 3.07. The predicted octanol–water partition coefficient (Wildman–Crippen LogP) is 2.47. The first-order chi connectivity index (χ1) is 5.70. The highest BCUT2D eigenvalue weighted by Crippen LogP contribution is 2.22. The number of thiophene rings is 1. The van der Waals surface area contributed by atoms with Crippen molar-refractivity contribution in [2.24, 2.45) is 0 Å². The van der Waals surface area contributed by atoms with Crippen LogP contribution in [0.1, 0.15) is 11.3 Å². The highest BCUT2D eigenvalue weighted by Gasteiger charge is 2.07. The molecule has 2 rings (SSSR count). The zero-order chi connectivity index (χ0) is 8.72. The van der Waals surface area contributed by atoms with E-state index in [-0.39, 0.29) is 5.63 Å². The summed E-state index contributed by atoms with van der Waals surface area (Å²) in [5, 5.41) is 2.93. The molecule has 0 aliphatic carbocycles. The van der Waals surface area contributed by atoms with Crippen molar-refractivity contribution in [1.82, 2.24) is 0 Å². The molecule has 2 aromatic rings. The van der Waals surface area contributed by atoms with E-state index < -0.39 is 0 Å². The van der Waals surface area contributed by atoms with Crippen LogP contribution in [0.3, 0.4) is 0 Å². The molecule has 2 heterocycles. The fourth-order valence-corrected chi connectivity index (χ4v) is 2.04. The van der Waals surface area contributed by atoms with Crippen LogP contribution in [-0.4, -0.2) is 0 Å². The molecule has 0 amide bonds. The minimum absolute atomic E-state index is 0.219. The largest absolute Gasteiger partial charge is 0.427 e. The third kappa shape index (κ3) is 0.898. The van der Waals surface area contributed by atoms with Gasteiger partial charge in [0.15, 0.2) is 0 Å². The molecule has 0 N–H and O–H groups in total. The van der Waals surface area contributed by atoms with Crippen LogP contribution in [0, 0.1) is 13.8 Å². The highest BCUT2D eigenvalue weighted by atomic mass is 32.1. The second-order valence-corrected chi connectivity index (χ2v) is 3.65. The summed E-state index contributed by atoms with van der Waals surface area (Å²) < 4.78 is 5.75. The van der Waals surface area contributed by atoms with Crippen LogP contribution in [0.15, 0.2) is 20.7 Å². The number of rotatable bonds is 0. The minimum atomic E-state index is -0.219. The normalized spacial score (nSPS) is 10.8. The van der Waals surface area contributed by atoms with Crippen molar-refractivity contribution in [3.63, 3.8) is 0 Å². The fraction of sp³-hybridized carbons (Fsp3) is 0.222. The van der Waals surface area contributed by atoms with Gasteiger partial charge in [0.05, 0.1) is 0 Å². The highest BCUT2D eigenvalue weighted by molar-refractivity contribution is 7.17. The van der Waals surface area contributed by atoms with Crippen molar-refractivity contribution in [3.05, 3.63) is 33.2 Å². The molecular weight excluding hydrogens is 172 g/mol. The van der Waals surface area contributed by atoms with Crippen molar-refractivity contribution in [1.29, 1.82) is 0 Å². The van der Waals surface area contributed by atoms with E-state index in [9.17, 15) is 4.79 Å². The summed E-state index contributed by atoms with van der Waals surface area (Å²) >= 11 is 1.43. The van der Waals surface area contributed by atoms with Crippen LogP contribution >= 0.6 is 11.3 Å². The van der Waals surface area contributed by atoms with Crippen molar-refractivity contribution < 1.29 is 4.42 Å². The molecule has 0 fully saturated rings.